The van der Waals surface area contributed by atoms with E-state index in [-0.39, 0.29) is 42.4 Å². The zero-order chi connectivity index (χ0) is 39.0. The van der Waals surface area contributed by atoms with E-state index in [1.165, 1.54) is 31.1 Å². The highest BCUT2D eigenvalue weighted by Gasteiger charge is 2.77. The van der Waals surface area contributed by atoms with E-state index in [9.17, 15) is 48.9 Å². The molecule has 15 nitrogen and oxygen atoms in total. The van der Waals surface area contributed by atoms with E-state index in [1.54, 1.807) is 30.3 Å². The van der Waals surface area contributed by atoms with Crippen molar-refractivity contribution < 1.29 is 43.3 Å². The van der Waals surface area contributed by atoms with E-state index in [0.29, 0.717) is 16.0 Å². The molecule has 3 fully saturated rings. The van der Waals surface area contributed by atoms with Crippen molar-refractivity contribution in [3.63, 3.8) is 0 Å². The van der Waals surface area contributed by atoms with E-state index in [0.717, 1.165) is 29.2 Å². The molecule has 2 aliphatic carbocycles. The van der Waals surface area contributed by atoms with E-state index in [4.69, 9.17) is 27.9 Å². The maximum absolute atomic E-state index is 14.6. The van der Waals surface area contributed by atoms with Gasteiger partial charge in [0.1, 0.15) is 18.2 Å². The number of hydrogen-bond donors (Lipinski definition) is 1. The van der Waals surface area contributed by atoms with Crippen molar-refractivity contribution in [3.8, 4) is 5.75 Å². The minimum atomic E-state index is -2.26. The van der Waals surface area contributed by atoms with Gasteiger partial charge in [-0.05, 0) is 49.1 Å². The molecule has 2 saturated heterocycles. The number of para-hydroxylation sites is 1. The third kappa shape index (κ3) is 5.18. The van der Waals surface area contributed by atoms with Crippen LogP contribution < -0.4 is 19.4 Å². The minimum absolute atomic E-state index is 0.0121. The molecule has 1 saturated carbocycles. The molecule has 6 atom stereocenters. The Labute approximate surface area is 315 Å². The first-order valence-electron chi connectivity index (χ1n) is 16.6. The summed E-state index contributed by atoms with van der Waals surface area (Å²) in [6.45, 7) is -0.521. The lowest BCUT2D eigenvalue weighted by atomic mass is 9.56. The molecule has 0 unspecified atom stereocenters. The molecule has 2 heterocycles. The Morgan fingerprint density at radius 1 is 0.907 bits per heavy atom. The second-order valence-corrected chi connectivity index (χ2v) is 14.9. The van der Waals surface area contributed by atoms with Gasteiger partial charge in [0.2, 0.25) is 11.8 Å². The normalized spacial score (nSPS) is 27.3. The van der Waals surface area contributed by atoms with E-state index in [2.05, 4.69) is 0 Å². The van der Waals surface area contributed by atoms with Gasteiger partial charge in [0.05, 0.1) is 39.7 Å². The maximum Gasteiger partial charge on any atom is 0.301 e. The Hall–Kier alpha value is -5.45. The molecule has 4 aliphatic rings. The molecular formula is C36H30Cl2FN5O10. The van der Waals surface area contributed by atoms with Crippen LogP contribution in [0.4, 0.5) is 32.8 Å². The van der Waals surface area contributed by atoms with Gasteiger partial charge in [-0.25, -0.2) is 14.2 Å². The molecule has 2 aliphatic heterocycles. The highest BCUT2D eigenvalue weighted by atomic mass is 35.5. The summed E-state index contributed by atoms with van der Waals surface area (Å²) in [4.78, 5) is 78.5. The number of amides is 4. The summed E-state index contributed by atoms with van der Waals surface area (Å²) in [5, 5.41) is 33.8. The van der Waals surface area contributed by atoms with Crippen LogP contribution in [0, 0.1) is 43.8 Å². The molecule has 7 rings (SSSR count). The van der Waals surface area contributed by atoms with Crippen LogP contribution in [-0.4, -0.2) is 75.6 Å². The van der Waals surface area contributed by atoms with Crippen molar-refractivity contribution in [1.82, 2.24) is 0 Å². The minimum Gasteiger partial charge on any atom is -0.491 e. The van der Waals surface area contributed by atoms with Gasteiger partial charge in [0.15, 0.2) is 15.4 Å². The third-order valence-electron chi connectivity index (χ3n) is 10.6. The van der Waals surface area contributed by atoms with Gasteiger partial charge in [0.25, 0.3) is 11.8 Å². The van der Waals surface area contributed by atoms with Gasteiger partial charge < -0.3 is 14.7 Å². The number of nitro benzene ring substituents is 2. The molecule has 54 heavy (non-hydrogen) atoms. The molecule has 3 aromatic rings. The fourth-order valence-electron chi connectivity index (χ4n) is 8.46. The molecule has 0 aromatic heterocycles. The number of aliphatic hydroxyl groups excluding tert-OH is 1. The summed E-state index contributed by atoms with van der Waals surface area (Å²) in [6, 6.07) is 12.8. The van der Waals surface area contributed by atoms with Crippen molar-refractivity contribution in [3.05, 3.63) is 104 Å². The topological polar surface area (TPSA) is 194 Å². The molecule has 0 radical (unpaired) electrons. The van der Waals surface area contributed by atoms with Crippen LogP contribution in [0.15, 0.2) is 72.3 Å². The lowest BCUT2D eigenvalue weighted by molar-refractivity contribution is -0.392. The molecule has 1 N–H and O–H groups in total. The summed E-state index contributed by atoms with van der Waals surface area (Å²) in [5.74, 6) is -8.54. The standard InChI is InChI=1S/C36H30Cl2FN5O10/c1-40(2)30-25(43(50)51)15-20(16-26(30)44(52)53)41-31(46)23-12-11-21-24(28(23)32(41)47)17-35(37)33(48)42(19-9-7-18(39)8-10-19)34(49)36(35,38)29(21)22-5-3-4-6-27(22)54-14-13-45/h3-11,15-16,23-24,28-29,45H,12-14,17H2,1-2H3/t23-,24+,28-,29+,35+,36-/m0/s1. The largest absolute Gasteiger partial charge is 0.491 e. The van der Waals surface area contributed by atoms with Crippen LogP contribution in [-0.2, 0) is 19.2 Å². The average Bonchev–Trinajstić information content (AvgIpc) is 3.48. The molecule has 0 bridgehead atoms. The van der Waals surface area contributed by atoms with Crippen molar-refractivity contribution in [2.45, 2.75) is 28.5 Å². The second kappa shape index (κ2) is 13.1. The second-order valence-electron chi connectivity index (χ2n) is 13.6. The Bertz CT molecular complexity index is 2170. The number of anilines is 3. The van der Waals surface area contributed by atoms with Gasteiger partial charge in [0, 0.05) is 37.7 Å². The molecule has 0 spiro atoms. The Morgan fingerprint density at radius 3 is 2.13 bits per heavy atom. The Morgan fingerprint density at radius 2 is 1.54 bits per heavy atom. The number of ether oxygens (including phenoxy) is 1. The number of carbonyl (C=O) groups is 4. The number of aliphatic hydroxyl groups is 1. The summed E-state index contributed by atoms with van der Waals surface area (Å²) in [5.41, 5.74) is -1.47. The summed E-state index contributed by atoms with van der Waals surface area (Å²) >= 11 is 14.8. The van der Waals surface area contributed by atoms with Crippen LogP contribution in [0.3, 0.4) is 0 Å². The number of benzene rings is 3. The van der Waals surface area contributed by atoms with E-state index < -0.39 is 90.5 Å². The highest BCUT2D eigenvalue weighted by Crippen LogP contribution is 2.66. The summed E-state index contributed by atoms with van der Waals surface area (Å²) in [6.07, 6.45) is 1.17. The first-order valence-corrected chi connectivity index (χ1v) is 17.4. The zero-order valence-corrected chi connectivity index (χ0v) is 30.0. The fourth-order valence-corrected chi connectivity index (χ4v) is 9.39. The third-order valence-corrected chi connectivity index (χ3v) is 12.0. The van der Waals surface area contributed by atoms with Gasteiger partial charge in [-0.2, -0.15) is 0 Å². The van der Waals surface area contributed by atoms with Crippen LogP contribution in [0.5, 0.6) is 5.75 Å². The van der Waals surface area contributed by atoms with Crippen molar-refractivity contribution >= 4 is 75.3 Å². The lowest BCUT2D eigenvalue weighted by Crippen LogP contribution is -2.60. The van der Waals surface area contributed by atoms with Gasteiger partial charge >= 0.3 is 11.4 Å². The Balaban J connectivity index is 1.40. The number of allylic oxidation sites excluding steroid dienone is 2. The Kier molecular flexibility index (Phi) is 8.98. The number of nitrogens with zero attached hydrogens (tertiary/aromatic N) is 5. The smallest absolute Gasteiger partial charge is 0.301 e. The SMILES string of the molecule is CN(C)c1c([N+](=O)[O-])cc(N2C(=O)[C@H]3[C@H](CC=C4[C@H]3C[C@@]3(Cl)C(=O)N(c5ccc(F)cc5)C(=O)[C@@]3(Cl)[C@H]4c3ccccc3OCCO)C2=O)cc1[N+](=O)[O-]. The molecule has 4 amide bonds. The maximum atomic E-state index is 14.6. The molecule has 280 valence electrons. The van der Waals surface area contributed by atoms with Gasteiger partial charge in [-0.15, -0.1) is 23.2 Å². The molecule has 3 aromatic carbocycles. The van der Waals surface area contributed by atoms with Crippen molar-refractivity contribution in [2.24, 2.45) is 17.8 Å². The first kappa shape index (κ1) is 36.9. The number of alkyl halides is 2. The molecule has 18 heteroatoms. The lowest BCUT2D eigenvalue weighted by Gasteiger charge is -2.50. The van der Waals surface area contributed by atoms with E-state index in [1.807, 2.05) is 0 Å². The number of carbonyl (C=O) groups excluding carboxylic acids is 4. The number of rotatable bonds is 9. The first-order chi connectivity index (χ1) is 25.6. The number of nitro groups is 2. The number of fused-ring (bicyclic) bond motifs is 4. The monoisotopic (exact) mass is 781 g/mol. The number of halogens is 3. The predicted octanol–water partition coefficient (Wildman–Crippen LogP) is 4.85. The summed E-state index contributed by atoms with van der Waals surface area (Å²) in [7, 11) is 2.75. The summed E-state index contributed by atoms with van der Waals surface area (Å²) < 4.78 is 19.8. The molecular weight excluding hydrogens is 752 g/mol. The zero-order valence-electron chi connectivity index (χ0n) is 28.5. The average molecular weight is 783 g/mol. The van der Waals surface area contributed by atoms with Gasteiger partial charge in [-0.1, -0.05) is 29.8 Å². The fraction of sp³-hybridized carbons (Fsp3) is 0.333. The number of hydrogen-bond acceptors (Lipinski definition) is 11. The van der Waals surface area contributed by atoms with Gasteiger partial charge in [-0.3, -0.25) is 39.4 Å². The van der Waals surface area contributed by atoms with Crippen LogP contribution in [0.2, 0.25) is 0 Å². The highest BCUT2D eigenvalue weighted by molar-refractivity contribution is 6.58. The van der Waals surface area contributed by atoms with Crippen LogP contribution in [0.25, 0.3) is 0 Å². The van der Waals surface area contributed by atoms with Crippen LogP contribution >= 0.6 is 23.2 Å². The predicted molar refractivity (Wildman–Crippen MR) is 192 cm³/mol. The van der Waals surface area contributed by atoms with Crippen molar-refractivity contribution in [2.75, 3.05) is 42.0 Å². The van der Waals surface area contributed by atoms with E-state index >= 15 is 0 Å². The number of imide groups is 2. The van der Waals surface area contributed by atoms with Crippen LogP contribution in [0.1, 0.15) is 24.3 Å². The van der Waals surface area contributed by atoms with Crippen molar-refractivity contribution in [1.29, 1.82) is 0 Å². The quantitative estimate of drug-likeness (QED) is 0.103.